The number of anilines is 1. The minimum atomic E-state index is -0.622. The van der Waals surface area contributed by atoms with Crippen LogP contribution in [0.25, 0.3) is 0 Å². The van der Waals surface area contributed by atoms with E-state index >= 15 is 0 Å². The Labute approximate surface area is 116 Å². The van der Waals surface area contributed by atoms with E-state index in [0.717, 1.165) is 6.07 Å². The largest absolute Gasteiger partial charge is 0.399 e. The topological polar surface area (TPSA) is 75.4 Å². The van der Waals surface area contributed by atoms with Gasteiger partial charge < -0.3 is 16.0 Å². The van der Waals surface area contributed by atoms with Gasteiger partial charge in [-0.3, -0.25) is 9.59 Å². The lowest BCUT2D eigenvalue weighted by atomic mass is 10.0. The molecule has 3 N–H and O–H groups in total. The Balaban J connectivity index is 1.94. The lowest BCUT2D eigenvalue weighted by Gasteiger charge is -2.31. The van der Waals surface area contributed by atoms with Gasteiger partial charge in [0.1, 0.15) is 5.82 Å². The predicted molar refractivity (Wildman–Crippen MR) is 73.6 cm³/mol. The summed E-state index contributed by atoms with van der Waals surface area (Å²) in [4.78, 5) is 24.9. The first kappa shape index (κ1) is 14.3. The first-order chi connectivity index (χ1) is 9.47. The molecular formula is C14H18FN3O2. The highest BCUT2D eigenvalue weighted by Crippen LogP contribution is 2.14. The van der Waals surface area contributed by atoms with Crippen molar-refractivity contribution in [2.24, 2.45) is 0 Å². The Bertz CT molecular complexity index is 525. The number of likely N-dealkylation sites (tertiary alicyclic amines) is 1. The Morgan fingerprint density at radius 1 is 1.35 bits per heavy atom. The van der Waals surface area contributed by atoms with Crippen molar-refractivity contribution >= 4 is 17.5 Å². The number of carbonyl (C=O) groups is 2. The van der Waals surface area contributed by atoms with Gasteiger partial charge in [0.05, 0.1) is 5.56 Å². The molecule has 1 heterocycles. The molecule has 2 rings (SSSR count). The van der Waals surface area contributed by atoms with Gasteiger partial charge in [-0.2, -0.15) is 0 Å². The van der Waals surface area contributed by atoms with Crippen LogP contribution in [0.3, 0.4) is 0 Å². The zero-order valence-corrected chi connectivity index (χ0v) is 11.4. The number of rotatable bonds is 2. The molecule has 20 heavy (non-hydrogen) atoms. The minimum absolute atomic E-state index is 0.00630. The zero-order valence-electron chi connectivity index (χ0n) is 11.4. The van der Waals surface area contributed by atoms with Crippen molar-refractivity contribution < 1.29 is 14.0 Å². The fourth-order valence-electron chi connectivity index (χ4n) is 2.32. The Hall–Kier alpha value is -2.11. The van der Waals surface area contributed by atoms with E-state index in [4.69, 9.17) is 5.73 Å². The third-order valence-corrected chi connectivity index (χ3v) is 3.51. The van der Waals surface area contributed by atoms with Gasteiger partial charge in [0.2, 0.25) is 5.91 Å². The number of nitrogens with one attached hydrogen (secondary N) is 1. The summed E-state index contributed by atoms with van der Waals surface area (Å²) in [6, 6.07) is 3.98. The maximum atomic E-state index is 13.6. The van der Waals surface area contributed by atoms with Crippen LogP contribution in [0.2, 0.25) is 0 Å². The molecule has 0 bridgehead atoms. The van der Waals surface area contributed by atoms with Crippen molar-refractivity contribution in [3.8, 4) is 0 Å². The highest BCUT2D eigenvalue weighted by atomic mass is 19.1. The fourth-order valence-corrected chi connectivity index (χ4v) is 2.32. The van der Waals surface area contributed by atoms with Gasteiger partial charge in [-0.1, -0.05) is 0 Å². The molecule has 6 heteroatoms. The second-order valence-corrected chi connectivity index (χ2v) is 4.99. The van der Waals surface area contributed by atoms with Crippen molar-refractivity contribution in [1.82, 2.24) is 10.2 Å². The molecule has 5 nitrogen and oxygen atoms in total. The summed E-state index contributed by atoms with van der Waals surface area (Å²) < 4.78 is 13.6. The van der Waals surface area contributed by atoms with Gasteiger partial charge in [0.15, 0.2) is 0 Å². The lowest BCUT2D eigenvalue weighted by Crippen LogP contribution is -2.46. The van der Waals surface area contributed by atoms with E-state index in [1.165, 1.54) is 19.1 Å². The molecule has 1 saturated heterocycles. The lowest BCUT2D eigenvalue weighted by molar-refractivity contribution is -0.129. The molecule has 0 atom stereocenters. The zero-order chi connectivity index (χ0) is 14.7. The summed E-state index contributed by atoms with van der Waals surface area (Å²) in [5.74, 6) is -1.02. The van der Waals surface area contributed by atoms with Crippen molar-refractivity contribution in [2.45, 2.75) is 25.8 Å². The number of benzene rings is 1. The van der Waals surface area contributed by atoms with E-state index in [1.54, 1.807) is 4.90 Å². The number of hydrogen-bond acceptors (Lipinski definition) is 3. The normalized spacial score (nSPS) is 16.0. The Morgan fingerprint density at radius 2 is 2.00 bits per heavy atom. The van der Waals surface area contributed by atoms with Gasteiger partial charge in [-0.15, -0.1) is 0 Å². The third-order valence-electron chi connectivity index (χ3n) is 3.51. The fraction of sp³-hybridized carbons (Fsp3) is 0.429. The van der Waals surface area contributed by atoms with Crippen LogP contribution in [0.15, 0.2) is 18.2 Å². The van der Waals surface area contributed by atoms with Crippen LogP contribution >= 0.6 is 0 Å². The molecule has 1 aromatic rings. The van der Waals surface area contributed by atoms with E-state index in [9.17, 15) is 14.0 Å². The maximum absolute atomic E-state index is 13.6. The molecule has 0 spiro atoms. The smallest absolute Gasteiger partial charge is 0.254 e. The van der Waals surface area contributed by atoms with Crippen LogP contribution in [-0.4, -0.2) is 35.8 Å². The first-order valence-corrected chi connectivity index (χ1v) is 6.59. The monoisotopic (exact) mass is 279 g/mol. The van der Waals surface area contributed by atoms with Crippen LogP contribution < -0.4 is 11.1 Å². The van der Waals surface area contributed by atoms with Crippen molar-refractivity contribution in [3.05, 3.63) is 29.6 Å². The van der Waals surface area contributed by atoms with Crippen LogP contribution in [0.1, 0.15) is 30.1 Å². The first-order valence-electron chi connectivity index (χ1n) is 6.59. The standard InChI is InChI=1S/C14H18FN3O2/c1-9(19)18-6-4-11(5-7-18)17-14(20)12-3-2-10(16)8-13(12)15/h2-3,8,11H,4-7,16H2,1H3,(H,17,20). The highest BCUT2D eigenvalue weighted by molar-refractivity contribution is 5.95. The Kier molecular flexibility index (Phi) is 4.22. The quantitative estimate of drug-likeness (QED) is 0.797. The molecule has 0 unspecified atom stereocenters. The summed E-state index contributed by atoms with van der Waals surface area (Å²) in [7, 11) is 0. The number of halogens is 1. The third kappa shape index (κ3) is 3.26. The molecule has 2 amide bonds. The van der Waals surface area contributed by atoms with E-state index < -0.39 is 11.7 Å². The van der Waals surface area contributed by atoms with Crippen LogP contribution in [-0.2, 0) is 4.79 Å². The summed E-state index contributed by atoms with van der Waals surface area (Å²) in [6.07, 6.45) is 1.36. The average Bonchev–Trinajstić information content (AvgIpc) is 2.39. The van der Waals surface area contributed by atoms with E-state index in [2.05, 4.69) is 5.32 Å². The minimum Gasteiger partial charge on any atom is -0.399 e. The van der Waals surface area contributed by atoms with Gasteiger partial charge in [-0.05, 0) is 31.0 Å². The molecule has 0 radical (unpaired) electrons. The highest BCUT2D eigenvalue weighted by Gasteiger charge is 2.23. The molecule has 1 aliphatic rings. The van der Waals surface area contributed by atoms with Gasteiger partial charge in [0, 0.05) is 31.7 Å². The molecule has 0 saturated carbocycles. The van der Waals surface area contributed by atoms with Crippen LogP contribution in [0, 0.1) is 5.82 Å². The van der Waals surface area contributed by atoms with Gasteiger partial charge in [0.25, 0.3) is 5.91 Å². The second-order valence-electron chi connectivity index (χ2n) is 4.99. The Morgan fingerprint density at radius 3 is 2.55 bits per heavy atom. The van der Waals surface area contributed by atoms with Gasteiger partial charge in [-0.25, -0.2) is 4.39 Å². The van der Waals surface area contributed by atoms with Crippen LogP contribution in [0.5, 0.6) is 0 Å². The predicted octanol–water partition coefficient (Wildman–Crippen LogP) is 1.15. The van der Waals surface area contributed by atoms with E-state index in [1.807, 2.05) is 0 Å². The molecule has 1 fully saturated rings. The summed E-state index contributed by atoms with van der Waals surface area (Å²) in [5, 5.41) is 2.80. The van der Waals surface area contributed by atoms with Gasteiger partial charge >= 0.3 is 0 Å². The summed E-state index contributed by atoms with van der Waals surface area (Å²) >= 11 is 0. The van der Waals surface area contributed by atoms with Crippen LogP contribution in [0.4, 0.5) is 10.1 Å². The number of nitrogens with two attached hydrogens (primary N) is 1. The molecule has 0 aliphatic carbocycles. The number of amides is 2. The van der Waals surface area contributed by atoms with E-state index in [-0.39, 0.29) is 23.2 Å². The van der Waals surface area contributed by atoms with Crippen molar-refractivity contribution in [3.63, 3.8) is 0 Å². The van der Waals surface area contributed by atoms with Crippen molar-refractivity contribution in [2.75, 3.05) is 18.8 Å². The summed E-state index contributed by atoms with van der Waals surface area (Å²) in [6.45, 7) is 2.76. The molecule has 0 aromatic heterocycles. The SMILES string of the molecule is CC(=O)N1CCC(NC(=O)c2ccc(N)cc2F)CC1. The second kappa shape index (κ2) is 5.90. The molecule has 1 aliphatic heterocycles. The maximum Gasteiger partial charge on any atom is 0.254 e. The van der Waals surface area contributed by atoms with Crippen molar-refractivity contribution in [1.29, 1.82) is 0 Å². The molecule has 1 aromatic carbocycles. The summed E-state index contributed by atoms with van der Waals surface area (Å²) in [5.41, 5.74) is 5.73. The number of hydrogen-bond donors (Lipinski definition) is 2. The number of nitrogens with zero attached hydrogens (tertiary/aromatic N) is 1. The van der Waals surface area contributed by atoms with E-state index in [0.29, 0.717) is 25.9 Å². The number of carbonyl (C=O) groups excluding carboxylic acids is 2. The average molecular weight is 279 g/mol. The number of piperidine rings is 1. The molecular weight excluding hydrogens is 261 g/mol. The molecule has 108 valence electrons. The number of nitrogen functional groups attached to an aromatic ring is 1.